The summed E-state index contributed by atoms with van der Waals surface area (Å²) in [6.07, 6.45) is 3.93. The highest BCUT2D eigenvalue weighted by Crippen LogP contribution is 2.20. The van der Waals surface area contributed by atoms with Crippen LogP contribution in [0.2, 0.25) is 0 Å². The minimum atomic E-state index is -4.04. The van der Waals surface area contributed by atoms with Crippen molar-refractivity contribution >= 4 is 16.1 Å². The molecule has 0 aliphatic carbocycles. The van der Waals surface area contributed by atoms with E-state index in [2.05, 4.69) is 15.0 Å². The number of carbonyl (C=O) groups is 1. The molecule has 0 saturated heterocycles. The Morgan fingerprint density at radius 3 is 2.36 bits per heavy atom. The predicted molar refractivity (Wildman–Crippen MR) is 137 cm³/mol. The fraction of sp³-hybridized carbons (Fsp3) is 0.185. The molecule has 0 bridgehead atoms. The number of aryl methyl sites for hydroxylation is 1. The van der Waals surface area contributed by atoms with E-state index in [-0.39, 0.29) is 4.90 Å². The van der Waals surface area contributed by atoms with E-state index in [0.29, 0.717) is 24.4 Å². The van der Waals surface area contributed by atoms with Gasteiger partial charge in [-0.05, 0) is 48.2 Å². The van der Waals surface area contributed by atoms with Crippen molar-refractivity contribution in [2.24, 2.45) is 0 Å². The molecular formula is C27H28N4O4S. The van der Waals surface area contributed by atoms with E-state index < -0.39 is 22.1 Å². The molecule has 0 aliphatic rings. The van der Waals surface area contributed by atoms with Crippen molar-refractivity contribution in [2.45, 2.75) is 30.8 Å². The van der Waals surface area contributed by atoms with Crippen LogP contribution in [0.25, 0.3) is 0 Å². The maximum Gasteiger partial charge on any atom is 0.329 e. The molecule has 186 valence electrons. The van der Waals surface area contributed by atoms with E-state index in [9.17, 15) is 13.2 Å². The first-order valence-corrected chi connectivity index (χ1v) is 12.9. The Labute approximate surface area is 211 Å². The average molecular weight is 505 g/mol. The zero-order chi connectivity index (χ0) is 25.5. The first kappa shape index (κ1) is 25.0. The molecule has 36 heavy (non-hydrogen) atoms. The summed E-state index contributed by atoms with van der Waals surface area (Å²) in [5.74, 6) is 1.37. The summed E-state index contributed by atoms with van der Waals surface area (Å²) < 4.78 is 35.0. The van der Waals surface area contributed by atoms with Crippen LogP contribution in [-0.2, 0) is 23.0 Å². The van der Waals surface area contributed by atoms with Crippen molar-refractivity contribution in [3.05, 3.63) is 114 Å². The fourth-order valence-electron chi connectivity index (χ4n) is 3.97. The molecule has 4 aromatic rings. The van der Waals surface area contributed by atoms with Gasteiger partial charge in [-0.25, -0.2) is 22.9 Å². The summed E-state index contributed by atoms with van der Waals surface area (Å²) in [7, 11) is -2.43. The summed E-state index contributed by atoms with van der Waals surface area (Å²) in [6.45, 7) is 2.20. The number of nitrogens with zero attached hydrogens (tertiary/aromatic N) is 2. The van der Waals surface area contributed by atoms with Crippen molar-refractivity contribution in [3.8, 4) is 5.75 Å². The van der Waals surface area contributed by atoms with Crippen LogP contribution in [0, 0.1) is 6.92 Å². The molecule has 0 spiro atoms. The van der Waals surface area contributed by atoms with Gasteiger partial charge in [0.05, 0.1) is 18.0 Å². The van der Waals surface area contributed by atoms with Crippen LogP contribution in [0.1, 0.15) is 28.6 Å². The predicted octanol–water partition coefficient (Wildman–Crippen LogP) is 4.22. The number of hydrogen-bond acceptors (Lipinski definition) is 5. The van der Waals surface area contributed by atoms with Gasteiger partial charge in [-0.3, -0.25) is 0 Å². The summed E-state index contributed by atoms with van der Waals surface area (Å²) in [4.78, 5) is 17.5. The average Bonchev–Trinajstić information content (AvgIpc) is 3.32. The molecule has 1 atom stereocenters. The van der Waals surface area contributed by atoms with Crippen LogP contribution >= 0.6 is 0 Å². The van der Waals surface area contributed by atoms with Gasteiger partial charge in [0.15, 0.2) is 0 Å². The number of aromatic nitrogens is 2. The zero-order valence-corrected chi connectivity index (χ0v) is 20.9. The number of carbonyl (C=O) groups excluding carboxylic acids is 1. The van der Waals surface area contributed by atoms with Gasteiger partial charge >= 0.3 is 6.03 Å². The molecule has 1 aromatic heterocycles. The Bertz CT molecular complexity index is 1420. The highest BCUT2D eigenvalue weighted by molar-refractivity contribution is 7.90. The van der Waals surface area contributed by atoms with Crippen LogP contribution in [0.15, 0.2) is 96.2 Å². The SMILES string of the molecule is COc1ccc(Cn2ccnc2[C@H](Cc2ccccc2)NC(=O)NS(=O)(=O)c2ccccc2C)cc1. The van der Waals surface area contributed by atoms with Gasteiger partial charge in [-0.15, -0.1) is 0 Å². The lowest BCUT2D eigenvalue weighted by atomic mass is 10.1. The Hall–Kier alpha value is -4.11. The van der Waals surface area contributed by atoms with E-state index in [4.69, 9.17) is 4.74 Å². The quantitative estimate of drug-likeness (QED) is 0.355. The van der Waals surface area contributed by atoms with E-state index in [1.165, 1.54) is 6.07 Å². The van der Waals surface area contributed by atoms with Crippen molar-refractivity contribution < 1.29 is 17.9 Å². The van der Waals surface area contributed by atoms with Gasteiger partial charge < -0.3 is 14.6 Å². The minimum Gasteiger partial charge on any atom is -0.497 e. The molecule has 0 radical (unpaired) electrons. The Morgan fingerprint density at radius 2 is 1.67 bits per heavy atom. The number of methoxy groups -OCH3 is 1. The molecule has 2 N–H and O–H groups in total. The van der Waals surface area contributed by atoms with Crippen molar-refractivity contribution in [1.29, 1.82) is 0 Å². The third-order valence-electron chi connectivity index (χ3n) is 5.77. The molecule has 1 heterocycles. The third-order valence-corrected chi connectivity index (χ3v) is 7.26. The van der Waals surface area contributed by atoms with Gasteiger partial charge in [0, 0.05) is 18.9 Å². The van der Waals surface area contributed by atoms with E-state index in [1.807, 2.05) is 65.4 Å². The molecule has 0 aliphatic heterocycles. The molecule has 8 nitrogen and oxygen atoms in total. The van der Waals surface area contributed by atoms with Gasteiger partial charge in [0.1, 0.15) is 11.6 Å². The van der Waals surface area contributed by atoms with Crippen LogP contribution < -0.4 is 14.8 Å². The van der Waals surface area contributed by atoms with Gasteiger partial charge in [0.2, 0.25) is 0 Å². The molecule has 0 unspecified atom stereocenters. The largest absolute Gasteiger partial charge is 0.497 e. The molecule has 2 amide bonds. The molecular weight excluding hydrogens is 476 g/mol. The maximum absolute atomic E-state index is 12.9. The van der Waals surface area contributed by atoms with Crippen molar-refractivity contribution in [2.75, 3.05) is 7.11 Å². The number of nitrogens with one attached hydrogen (secondary N) is 2. The third kappa shape index (κ3) is 6.11. The summed E-state index contributed by atoms with van der Waals surface area (Å²) in [5, 5.41) is 2.83. The second-order valence-electron chi connectivity index (χ2n) is 8.35. The lowest BCUT2D eigenvalue weighted by molar-refractivity contribution is 0.241. The van der Waals surface area contributed by atoms with E-state index in [1.54, 1.807) is 38.4 Å². The van der Waals surface area contributed by atoms with Crippen LogP contribution in [0.4, 0.5) is 4.79 Å². The van der Waals surface area contributed by atoms with Crippen molar-refractivity contribution in [1.82, 2.24) is 19.6 Å². The number of sulfonamides is 1. The second-order valence-corrected chi connectivity index (χ2v) is 10.00. The van der Waals surface area contributed by atoms with Crippen LogP contribution in [0.5, 0.6) is 5.75 Å². The Balaban J connectivity index is 1.58. The number of ether oxygens (including phenoxy) is 1. The summed E-state index contributed by atoms with van der Waals surface area (Å²) in [6, 6.07) is 22.5. The highest BCUT2D eigenvalue weighted by atomic mass is 32.2. The Morgan fingerprint density at radius 1 is 0.972 bits per heavy atom. The number of amides is 2. The molecule has 3 aromatic carbocycles. The maximum atomic E-state index is 12.9. The first-order valence-electron chi connectivity index (χ1n) is 11.4. The number of rotatable bonds is 9. The number of hydrogen-bond donors (Lipinski definition) is 2. The van der Waals surface area contributed by atoms with Gasteiger partial charge in [-0.2, -0.15) is 0 Å². The van der Waals surface area contributed by atoms with E-state index >= 15 is 0 Å². The topological polar surface area (TPSA) is 102 Å². The van der Waals surface area contributed by atoms with Crippen LogP contribution in [0.3, 0.4) is 0 Å². The molecule has 0 saturated carbocycles. The van der Waals surface area contributed by atoms with Gasteiger partial charge in [-0.1, -0.05) is 60.7 Å². The number of imidazole rings is 1. The zero-order valence-electron chi connectivity index (χ0n) is 20.1. The van der Waals surface area contributed by atoms with Gasteiger partial charge in [0.25, 0.3) is 10.0 Å². The molecule has 4 rings (SSSR count). The van der Waals surface area contributed by atoms with E-state index in [0.717, 1.165) is 16.9 Å². The molecule has 0 fully saturated rings. The Kier molecular flexibility index (Phi) is 7.70. The standard InChI is InChI=1S/C27H28N4O4S/c1-20-8-6-7-11-25(20)36(33,34)30-27(32)29-24(18-21-9-4-3-5-10-21)26-28-16-17-31(26)19-22-12-14-23(35-2)15-13-22/h3-17,24H,18-19H2,1-2H3,(H2,29,30,32)/t24-/m0/s1. The lowest BCUT2D eigenvalue weighted by Gasteiger charge is -2.21. The smallest absolute Gasteiger partial charge is 0.329 e. The fourth-order valence-corrected chi connectivity index (χ4v) is 5.13. The monoisotopic (exact) mass is 504 g/mol. The minimum absolute atomic E-state index is 0.0563. The van der Waals surface area contributed by atoms with Crippen molar-refractivity contribution in [3.63, 3.8) is 0 Å². The number of urea groups is 1. The number of benzene rings is 3. The molecule has 9 heteroatoms. The summed E-state index contributed by atoms with van der Waals surface area (Å²) in [5.41, 5.74) is 2.55. The summed E-state index contributed by atoms with van der Waals surface area (Å²) >= 11 is 0. The van der Waals surface area contributed by atoms with Crippen LogP contribution in [-0.4, -0.2) is 31.1 Å². The normalized spacial score (nSPS) is 12.1. The highest BCUT2D eigenvalue weighted by Gasteiger charge is 2.24. The lowest BCUT2D eigenvalue weighted by Crippen LogP contribution is -2.42. The first-order chi connectivity index (χ1) is 17.4. The second kappa shape index (κ2) is 11.1.